The molecule has 19 heavy (non-hydrogen) atoms. The highest BCUT2D eigenvalue weighted by Gasteiger charge is 2.21. The maximum Gasteiger partial charge on any atom is 0.123 e. The fourth-order valence-electron chi connectivity index (χ4n) is 2.80. The van der Waals surface area contributed by atoms with Crippen molar-refractivity contribution in [3.8, 4) is 5.75 Å². The van der Waals surface area contributed by atoms with Gasteiger partial charge in [0.25, 0.3) is 0 Å². The van der Waals surface area contributed by atoms with Gasteiger partial charge in [0.05, 0.1) is 7.11 Å². The number of benzene rings is 1. The Hall–Kier alpha value is -1.06. The Balaban J connectivity index is 1.98. The fraction of sp³-hybridized carbons (Fsp3) is 0.625. The first-order valence-electron chi connectivity index (χ1n) is 7.23. The van der Waals surface area contributed by atoms with Crippen molar-refractivity contribution in [2.75, 3.05) is 34.3 Å². The minimum atomic E-state index is 0.321. The average Bonchev–Trinajstić information content (AvgIpc) is 2.40. The lowest BCUT2D eigenvalue weighted by Gasteiger charge is -2.32. The molecule has 0 aliphatic heterocycles. The molecule has 0 spiro atoms. The van der Waals surface area contributed by atoms with Crippen molar-refractivity contribution in [2.24, 2.45) is 5.92 Å². The molecule has 1 aliphatic carbocycles. The molecule has 0 aromatic heterocycles. The predicted octanol–water partition coefficient (Wildman–Crippen LogP) is 2.69. The summed E-state index contributed by atoms with van der Waals surface area (Å²) in [5, 5.41) is 3.41. The van der Waals surface area contributed by atoms with Crippen LogP contribution in [0.15, 0.2) is 24.3 Å². The summed E-state index contributed by atoms with van der Waals surface area (Å²) in [6, 6.07) is 8.60. The van der Waals surface area contributed by atoms with Gasteiger partial charge >= 0.3 is 0 Å². The van der Waals surface area contributed by atoms with Gasteiger partial charge in [0.2, 0.25) is 0 Å². The molecule has 1 fully saturated rings. The molecule has 1 atom stereocenters. The molecule has 1 aromatic carbocycles. The molecule has 1 saturated carbocycles. The van der Waals surface area contributed by atoms with Crippen molar-refractivity contribution < 1.29 is 4.74 Å². The highest BCUT2D eigenvalue weighted by Crippen LogP contribution is 2.28. The third kappa shape index (κ3) is 3.71. The molecular weight excluding hydrogens is 236 g/mol. The average molecular weight is 262 g/mol. The van der Waals surface area contributed by atoms with Crippen LogP contribution < -0.4 is 10.1 Å². The van der Waals surface area contributed by atoms with Gasteiger partial charge in [0.15, 0.2) is 0 Å². The van der Waals surface area contributed by atoms with Gasteiger partial charge < -0.3 is 15.0 Å². The zero-order chi connectivity index (χ0) is 13.7. The molecule has 0 heterocycles. The summed E-state index contributed by atoms with van der Waals surface area (Å²) in [4.78, 5) is 2.44. The number of para-hydroxylation sites is 1. The molecule has 1 aromatic rings. The van der Waals surface area contributed by atoms with E-state index in [0.29, 0.717) is 6.04 Å². The molecule has 3 nitrogen and oxygen atoms in total. The Morgan fingerprint density at radius 3 is 2.68 bits per heavy atom. The Kier molecular flexibility index (Phi) is 5.23. The summed E-state index contributed by atoms with van der Waals surface area (Å²) in [6.07, 6.45) is 4.23. The summed E-state index contributed by atoms with van der Waals surface area (Å²) in [5.74, 6) is 1.89. The number of methoxy groups -OCH3 is 1. The Morgan fingerprint density at radius 2 is 2.11 bits per heavy atom. The third-order valence-corrected chi connectivity index (χ3v) is 4.15. The minimum absolute atomic E-state index is 0.321. The van der Waals surface area contributed by atoms with Crippen LogP contribution in [0.3, 0.4) is 0 Å². The molecule has 0 bridgehead atoms. The van der Waals surface area contributed by atoms with E-state index in [1.165, 1.54) is 31.4 Å². The van der Waals surface area contributed by atoms with E-state index >= 15 is 0 Å². The van der Waals surface area contributed by atoms with E-state index in [2.05, 4.69) is 29.4 Å². The summed E-state index contributed by atoms with van der Waals surface area (Å²) < 4.78 is 5.46. The van der Waals surface area contributed by atoms with E-state index in [1.54, 1.807) is 7.11 Å². The monoisotopic (exact) mass is 262 g/mol. The molecule has 0 radical (unpaired) electrons. The highest BCUT2D eigenvalue weighted by molar-refractivity contribution is 5.36. The van der Waals surface area contributed by atoms with E-state index in [9.17, 15) is 0 Å². The second-order valence-electron chi connectivity index (χ2n) is 5.60. The number of hydrogen-bond donors (Lipinski definition) is 1. The summed E-state index contributed by atoms with van der Waals surface area (Å²) in [5.41, 5.74) is 1.24. The van der Waals surface area contributed by atoms with Crippen molar-refractivity contribution in [3.63, 3.8) is 0 Å². The first kappa shape index (κ1) is 14.4. The SMILES string of the molecule is CNC(CN(C)CC1CCC1)c1ccccc1OC. The van der Waals surface area contributed by atoms with Crippen molar-refractivity contribution in [1.82, 2.24) is 10.2 Å². The van der Waals surface area contributed by atoms with Gasteiger partial charge in [0.1, 0.15) is 5.75 Å². The first-order valence-corrected chi connectivity index (χ1v) is 7.23. The van der Waals surface area contributed by atoms with Gasteiger partial charge in [-0.3, -0.25) is 0 Å². The molecular formula is C16H26N2O. The second-order valence-corrected chi connectivity index (χ2v) is 5.60. The molecule has 2 rings (SSSR count). The third-order valence-electron chi connectivity index (χ3n) is 4.15. The van der Waals surface area contributed by atoms with Gasteiger partial charge in [0, 0.05) is 24.7 Å². The smallest absolute Gasteiger partial charge is 0.123 e. The number of nitrogens with one attached hydrogen (secondary N) is 1. The van der Waals surface area contributed by atoms with Crippen LogP contribution in [0.4, 0.5) is 0 Å². The topological polar surface area (TPSA) is 24.5 Å². The second kappa shape index (κ2) is 6.92. The quantitative estimate of drug-likeness (QED) is 0.817. The van der Waals surface area contributed by atoms with Crippen molar-refractivity contribution in [3.05, 3.63) is 29.8 Å². The van der Waals surface area contributed by atoms with Gasteiger partial charge in [-0.2, -0.15) is 0 Å². The Labute approximate surface area is 116 Å². The van der Waals surface area contributed by atoms with Crippen LogP contribution in [0.1, 0.15) is 30.9 Å². The number of rotatable bonds is 7. The first-order chi connectivity index (χ1) is 9.24. The van der Waals surface area contributed by atoms with Gasteiger partial charge in [-0.25, -0.2) is 0 Å². The standard InChI is InChI=1S/C16H26N2O/c1-17-15(12-18(2)11-13-7-6-8-13)14-9-4-5-10-16(14)19-3/h4-5,9-10,13,15,17H,6-8,11-12H2,1-3H3. The highest BCUT2D eigenvalue weighted by atomic mass is 16.5. The van der Waals surface area contributed by atoms with Crippen LogP contribution in [0, 0.1) is 5.92 Å². The lowest BCUT2D eigenvalue weighted by Crippen LogP contribution is -2.36. The van der Waals surface area contributed by atoms with E-state index in [4.69, 9.17) is 4.74 Å². The Bertz CT molecular complexity index is 390. The van der Waals surface area contributed by atoms with Crippen LogP contribution in [-0.4, -0.2) is 39.2 Å². The maximum atomic E-state index is 5.46. The molecule has 1 aliphatic rings. The molecule has 1 unspecified atom stereocenters. The van der Waals surface area contributed by atoms with Crippen LogP contribution in [-0.2, 0) is 0 Å². The Morgan fingerprint density at radius 1 is 1.37 bits per heavy atom. The van der Waals surface area contributed by atoms with Crippen LogP contribution in [0.25, 0.3) is 0 Å². The largest absolute Gasteiger partial charge is 0.496 e. The number of nitrogens with zero attached hydrogens (tertiary/aromatic N) is 1. The minimum Gasteiger partial charge on any atom is -0.496 e. The zero-order valence-electron chi connectivity index (χ0n) is 12.4. The molecule has 106 valence electrons. The van der Waals surface area contributed by atoms with Crippen molar-refractivity contribution >= 4 is 0 Å². The molecule has 3 heteroatoms. The summed E-state index contributed by atoms with van der Waals surface area (Å²) in [7, 11) is 5.98. The normalized spacial score (nSPS) is 17.3. The van der Waals surface area contributed by atoms with E-state index in [0.717, 1.165) is 18.2 Å². The summed E-state index contributed by atoms with van der Waals surface area (Å²) in [6.45, 7) is 2.24. The summed E-state index contributed by atoms with van der Waals surface area (Å²) >= 11 is 0. The number of ether oxygens (including phenoxy) is 1. The lowest BCUT2D eigenvalue weighted by molar-refractivity contribution is 0.192. The number of hydrogen-bond acceptors (Lipinski definition) is 3. The van der Waals surface area contributed by atoms with Crippen molar-refractivity contribution in [1.29, 1.82) is 0 Å². The van der Waals surface area contributed by atoms with Gasteiger partial charge in [-0.15, -0.1) is 0 Å². The molecule has 0 amide bonds. The maximum absolute atomic E-state index is 5.46. The fourth-order valence-corrected chi connectivity index (χ4v) is 2.80. The zero-order valence-corrected chi connectivity index (χ0v) is 12.4. The van der Waals surface area contributed by atoms with E-state index in [1.807, 2.05) is 19.2 Å². The van der Waals surface area contributed by atoms with Gasteiger partial charge in [-0.05, 0) is 38.9 Å². The van der Waals surface area contributed by atoms with Crippen molar-refractivity contribution in [2.45, 2.75) is 25.3 Å². The van der Waals surface area contributed by atoms with E-state index in [-0.39, 0.29) is 0 Å². The van der Waals surface area contributed by atoms with Crippen LogP contribution in [0.5, 0.6) is 5.75 Å². The lowest BCUT2D eigenvalue weighted by atomic mass is 9.85. The predicted molar refractivity (Wildman–Crippen MR) is 79.6 cm³/mol. The van der Waals surface area contributed by atoms with E-state index < -0.39 is 0 Å². The van der Waals surface area contributed by atoms with Crippen LogP contribution in [0.2, 0.25) is 0 Å². The van der Waals surface area contributed by atoms with Crippen LogP contribution >= 0.6 is 0 Å². The van der Waals surface area contributed by atoms with Gasteiger partial charge in [-0.1, -0.05) is 24.6 Å². The molecule has 0 saturated heterocycles. The molecule has 1 N–H and O–H groups in total. The number of likely N-dealkylation sites (N-methyl/N-ethyl adjacent to an activating group) is 2.